The van der Waals surface area contributed by atoms with Gasteiger partial charge in [-0.15, -0.1) is 0 Å². The zero-order chi connectivity index (χ0) is 25.7. The van der Waals surface area contributed by atoms with Gasteiger partial charge in [-0.2, -0.15) is 0 Å². The van der Waals surface area contributed by atoms with Crippen LogP contribution in [-0.2, 0) is 27.5 Å². The van der Waals surface area contributed by atoms with E-state index in [0.717, 1.165) is 38.9 Å². The van der Waals surface area contributed by atoms with Crippen molar-refractivity contribution in [3.63, 3.8) is 0 Å². The molecule has 9 nitrogen and oxygen atoms in total. The van der Waals surface area contributed by atoms with Crippen LogP contribution in [-0.4, -0.2) is 64.1 Å². The second-order valence-electron chi connectivity index (χ2n) is 10.5. The molecule has 4 aliphatic rings. The van der Waals surface area contributed by atoms with Crippen molar-refractivity contribution in [2.24, 2.45) is 5.41 Å². The lowest BCUT2D eigenvalue weighted by Gasteiger charge is -2.37. The summed E-state index contributed by atoms with van der Waals surface area (Å²) >= 11 is 0. The number of nitrogens with one attached hydrogen (secondary N) is 2. The van der Waals surface area contributed by atoms with Gasteiger partial charge in [-0.1, -0.05) is 6.07 Å². The molecule has 2 N–H and O–H groups in total. The van der Waals surface area contributed by atoms with Crippen LogP contribution >= 0.6 is 0 Å². The molecular weight excluding hydrogens is 477 g/mol. The molecule has 37 heavy (non-hydrogen) atoms. The molecule has 0 saturated carbocycles. The fourth-order valence-corrected chi connectivity index (χ4v) is 6.10. The second kappa shape index (κ2) is 9.02. The van der Waals surface area contributed by atoms with Crippen molar-refractivity contribution in [1.29, 1.82) is 0 Å². The third-order valence-corrected chi connectivity index (χ3v) is 8.34. The SMILES string of the molecule is O=C1CC[C@H](N2Cc3cc(-c4nccc(CN5CCC6(CCNC6=O)CC5)c4F)ccc3C2=O)C(=O)N1. The number of halogens is 1. The summed E-state index contributed by atoms with van der Waals surface area (Å²) in [6.45, 7) is 2.87. The molecule has 5 heterocycles. The van der Waals surface area contributed by atoms with Crippen LogP contribution in [0.15, 0.2) is 30.5 Å². The number of benzene rings is 1. The zero-order valence-corrected chi connectivity index (χ0v) is 20.4. The predicted octanol–water partition coefficient (Wildman–Crippen LogP) is 1.75. The highest BCUT2D eigenvalue weighted by Crippen LogP contribution is 2.38. The number of hydrogen-bond donors (Lipinski definition) is 2. The number of hydrogen-bond acceptors (Lipinski definition) is 6. The van der Waals surface area contributed by atoms with Gasteiger partial charge in [-0.05, 0) is 62.5 Å². The molecule has 0 radical (unpaired) electrons. The number of aromatic nitrogens is 1. The van der Waals surface area contributed by atoms with Crippen LogP contribution in [0.25, 0.3) is 11.3 Å². The van der Waals surface area contributed by atoms with Crippen LogP contribution in [0.4, 0.5) is 4.39 Å². The lowest BCUT2D eigenvalue weighted by atomic mass is 9.77. The molecule has 4 aliphatic heterocycles. The van der Waals surface area contributed by atoms with Gasteiger partial charge in [0.1, 0.15) is 11.7 Å². The number of imide groups is 1. The fraction of sp³-hybridized carbons (Fsp3) is 0.444. The maximum atomic E-state index is 15.6. The summed E-state index contributed by atoms with van der Waals surface area (Å²) in [5.41, 5.74) is 2.24. The summed E-state index contributed by atoms with van der Waals surface area (Å²) in [7, 11) is 0. The molecule has 0 unspecified atom stereocenters. The Labute approximate surface area is 213 Å². The molecule has 0 bridgehead atoms. The third kappa shape index (κ3) is 4.09. The minimum atomic E-state index is -0.696. The van der Waals surface area contributed by atoms with E-state index in [9.17, 15) is 19.2 Å². The van der Waals surface area contributed by atoms with Crippen molar-refractivity contribution in [3.8, 4) is 11.3 Å². The van der Waals surface area contributed by atoms with Gasteiger partial charge in [0.05, 0.1) is 5.41 Å². The van der Waals surface area contributed by atoms with Crippen molar-refractivity contribution < 1.29 is 23.6 Å². The first kappa shape index (κ1) is 23.7. The van der Waals surface area contributed by atoms with Crippen molar-refractivity contribution >= 4 is 23.6 Å². The van der Waals surface area contributed by atoms with Gasteiger partial charge in [0, 0.05) is 48.9 Å². The molecule has 1 aromatic carbocycles. The van der Waals surface area contributed by atoms with E-state index in [0.29, 0.717) is 28.8 Å². The fourth-order valence-electron chi connectivity index (χ4n) is 6.10. The Balaban J connectivity index is 1.18. The molecule has 1 atom stereocenters. The van der Waals surface area contributed by atoms with Crippen LogP contribution in [0.3, 0.4) is 0 Å². The number of rotatable bonds is 4. The number of likely N-dealkylation sites (tertiary alicyclic amines) is 1. The van der Waals surface area contributed by atoms with E-state index in [1.54, 1.807) is 30.5 Å². The van der Waals surface area contributed by atoms with Gasteiger partial charge < -0.3 is 10.2 Å². The molecule has 10 heteroatoms. The Kier molecular flexibility index (Phi) is 5.78. The minimum Gasteiger partial charge on any atom is -0.356 e. The zero-order valence-electron chi connectivity index (χ0n) is 20.4. The number of pyridine rings is 1. The quantitative estimate of drug-likeness (QED) is 0.613. The molecule has 0 aliphatic carbocycles. The molecule has 1 aromatic heterocycles. The maximum Gasteiger partial charge on any atom is 0.255 e. The van der Waals surface area contributed by atoms with Crippen molar-refractivity contribution in [1.82, 2.24) is 25.4 Å². The van der Waals surface area contributed by atoms with Gasteiger partial charge in [0.15, 0.2) is 5.82 Å². The summed E-state index contributed by atoms with van der Waals surface area (Å²) in [6.07, 6.45) is 4.50. The minimum absolute atomic E-state index is 0.149. The van der Waals surface area contributed by atoms with Gasteiger partial charge >= 0.3 is 0 Å². The Morgan fingerprint density at radius 3 is 2.62 bits per heavy atom. The van der Waals surface area contributed by atoms with Gasteiger partial charge in [-0.3, -0.25) is 34.4 Å². The lowest BCUT2D eigenvalue weighted by Crippen LogP contribution is -2.52. The van der Waals surface area contributed by atoms with Crippen LogP contribution in [0.5, 0.6) is 0 Å². The average molecular weight is 506 g/mol. The average Bonchev–Trinajstić information content (AvgIpc) is 3.40. The number of piperidine rings is 2. The Bertz CT molecular complexity index is 1320. The van der Waals surface area contributed by atoms with Gasteiger partial charge in [0.2, 0.25) is 17.7 Å². The van der Waals surface area contributed by atoms with E-state index < -0.39 is 17.8 Å². The monoisotopic (exact) mass is 505 g/mol. The normalized spacial score (nSPS) is 23.4. The molecular formula is C27H28FN5O4. The third-order valence-electron chi connectivity index (χ3n) is 8.34. The summed E-state index contributed by atoms with van der Waals surface area (Å²) in [5.74, 6) is -1.31. The Hall–Kier alpha value is -3.66. The second-order valence-corrected chi connectivity index (χ2v) is 10.5. The number of amides is 4. The molecule has 3 saturated heterocycles. The Morgan fingerprint density at radius 2 is 1.89 bits per heavy atom. The van der Waals surface area contributed by atoms with E-state index in [4.69, 9.17) is 0 Å². The topological polar surface area (TPSA) is 112 Å². The summed E-state index contributed by atoms with van der Waals surface area (Å²) in [6, 6.07) is 6.09. The Morgan fingerprint density at radius 1 is 1.08 bits per heavy atom. The van der Waals surface area contributed by atoms with Crippen molar-refractivity contribution in [2.75, 3.05) is 19.6 Å². The lowest BCUT2D eigenvalue weighted by molar-refractivity contribution is -0.137. The van der Waals surface area contributed by atoms with Gasteiger partial charge in [0.25, 0.3) is 5.91 Å². The van der Waals surface area contributed by atoms with Crippen LogP contribution in [0.2, 0.25) is 0 Å². The van der Waals surface area contributed by atoms with Crippen LogP contribution in [0.1, 0.15) is 53.6 Å². The van der Waals surface area contributed by atoms with Crippen molar-refractivity contribution in [3.05, 3.63) is 53.0 Å². The first-order valence-electron chi connectivity index (χ1n) is 12.8. The number of nitrogens with zero attached hydrogens (tertiary/aromatic N) is 3. The van der Waals surface area contributed by atoms with Crippen molar-refractivity contribution in [2.45, 2.75) is 51.2 Å². The highest BCUT2D eigenvalue weighted by molar-refractivity contribution is 6.05. The maximum absolute atomic E-state index is 15.6. The summed E-state index contributed by atoms with van der Waals surface area (Å²) < 4.78 is 15.6. The summed E-state index contributed by atoms with van der Waals surface area (Å²) in [5, 5.41) is 5.24. The molecule has 1 spiro atoms. The molecule has 6 rings (SSSR count). The predicted molar refractivity (Wildman–Crippen MR) is 130 cm³/mol. The smallest absolute Gasteiger partial charge is 0.255 e. The van der Waals surface area contributed by atoms with E-state index >= 15 is 4.39 Å². The van der Waals surface area contributed by atoms with Crippen LogP contribution in [0, 0.1) is 11.2 Å². The molecule has 4 amide bonds. The molecule has 2 aromatic rings. The first-order valence-corrected chi connectivity index (χ1v) is 12.8. The molecule has 3 fully saturated rings. The van der Waals surface area contributed by atoms with E-state index in [2.05, 4.69) is 20.5 Å². The number of fused-ring (bicyclic) bond motifs is 1. The number of carbonyl (C=O) groups is 4. The van der Waals surface area contributed by atoms with E-state index in [1.807, 2.05) is 0 Å². The highest BCUT2D eigenvalue weighted by Gasteiger charge is 2.44. The highest BCUT2D eigenvalue weighted by atomic mass is 19.1. The van der Waals surface area contributed by atoms with E-state index in [-0.39, 0.29) is 48.2 Å². The largest absolute Gasteiger partial charge is 0.356 e. The van der Waals surface area contributed by atoms with E-state index in [1.165, 1.54) is 4.90 Å². The van der Waals surface area contributed by atoms with Crippen LogP contribution < -0.4 is 10.6 Å². The standard InChI is InChI=1S/C27H28FN5O4/c28-22-17(14-32-11-7-27(8-12-32)6-10-30-26(27)37)5-9-29-23(22)16-1-2-19-18(13-16)15-33(25(19)36)20-3-4-21(34)31-24(20)35/h1-2,5,9,13,20H,3-4,6-8,10-12,14-15H2,(H,30,37)(H,31,34,35)/t20-/m0/s1. The molecule has 192 valence electrons. The summed E-state index contributed by atoms with van der Waals surface area (Å²) in [4.78, 5) is 57.0. The van der Waals surface area contributed by atoms with Gasteiger partial charge in [-0.25, -0.2) is 4.39 Å². The first-order chi connectivity index (χ1) is 17.8. The number of carbonyl (C=O) groups excluding carboxylic acids is 4.